The van der Waals surface area contributed by atoms with Gasteiger partial charge >= 0.3 is 0 Å². The molecule has 2 heterocycles. The Balaban J connectivity index is 1.77. The molecule has 0 amide bonds. The molecule has 0 fully saturated rings. The molecule has 0 aliphatic carbocycles. The fraction of sp³-hybridized carbons (Fsp3) is 0.375. The zero-order chi connectivity index (χ0) is 19.5. The van der Waals surface area contributed by atoms with Gasteiger partial charge in [0.2, 0.25) is 0 Å². The predicted octanol–water partition coefficient (Wildman–Crippen LogP) is 4.62. The molecule has 4 heteroatoms. The van der Waals surface area contributed by atoms with Crippen molar-refractivity contribution in [3.8, 4) is 22.7 Å². The zero-order valence-corrected chi connectivity index (χ0v) is 17.2. The second-order valence-electron chi connectivity index (χ2n) is 7.63. The number of fused-ring (bicyclic) bond motifs is 1. The van der Waals surface area contributed by atoms with Gasteiger partial charge in [0.25, 0.3) is 5.82 Å². The molecular formula is C24H30N3O+. The molecule has 0 N–H and O–H groups in total. The minimum absolute atomic E-state index is 0.696. The number of hydrogen-bond acceptors (Lipinski definition) is 2. The summed E-state index contributed by atoms with van der Waals surface area (Å²) in [6.07, 6.45) is 7.21. The van der Waals surface area contributed by atoms with Crippen molar-refractivity contribution in [2.45, 2.75) is 39.2 Å². The van der Waals surface area contributed by atoms with Crippen molar-refractivity contribution in [3.63, 3.8) is 0 Å². The maximum Gasteiger partial charge on any atom is 0.262 e. The molecule has 1 aliphatic rings. The number of benzene rings is 2. The van der Waals surface area contributed by atoms with Crippen LogP contribution in [0.1, 0.15) is 32.0 Å². The highest BCUT2D eigenvalue weighted by Crippen LogP contribution is 2.26. The molecule has 1 aliphatic heterocycles. The van der Waals surface area contributed by atoms with Gasteiger partial charge in [0.15, 0.2) is 5.69 Å². The Hall–Kier alpha value is -2.75. The summed E-state index contributed by atoms with van der Waals surface area (Å²) >= 11 is 0. The molecule has 0 unspecified atom stereocenters. The van der Waals surface area contributed by atoms with E-state index in [-0.39, 0.29) is 0 Å². The van der Waals surface area contributed by atoms with Crippen LogP contribution in [0, 0.1) is 0 Å². The Morgan fingerprint density at radius 2 is 1.71 bits per heavy atom. The first-order valence-electron chi connectivity index (χ1n) is 10.3. The summed E-state index contributed by atoms with van der Waals surface area (Å²) in [4.78, 5) is 2.14. The van der Waals surface area contributed by atoms with Crippen LogP contribution in [0.4, 0.5) is 5.69 Å². The first kappa shape index (κ1) is 18.6. The Morgan fingerprint density at radius 1 is 0.964 bits per heavy atom. The monoisotopic (exact) mass is 376 g/mol. The topological polar surface area (TPSA) is 21.3 Å². The average molecular weight is 377 g/mol. The van der Waals surface area contributed by atoms with E-state index >= 15 is 0 Å². The fourth-order valence-electron chi connectivity index (χ4n) is 4.02. The lowest BCUT2D eigenvalue weighted by molar-refractivity contribution is -0.692. The van der Waals surface area contributed by atoms with Crippen molar-refractivity contribution in [1.82, 2.24) is 4.57 Å². The van der Waals surface area contributed by atoms with Crippen LogP contribution in [0.3, 0.4) is 0 Å². The molecule has 2 aromatic carbocycles. The molecule has 146 valence electrons. The third kappa shape index (κ3) is 3.64. The second kappa shape index (κ2) is 8.09. The number of anilines is 1. The lowest BCUT2D eigenvalue weighted by atomic mass is 10.1. The summed E-state index contributed by atoms with van der Waals surface area (Å²) in [6, 6.07) is 17.3. The molecule has 1 aromatic heterocycles. The minimum atomic E-state index is 0.696. The minimum Gasteiger partial charge on any atom is -0.494 e. The van der Waals surface area contributed by atoms with E-state index in [4.69, 9.17) is 4.74 Å². The van der Waals surface area contributed by atoms with Crippen molar-refractivity contribution in [1.29, 1.82) is 0 Å². The number of rotatable bonds is 5. The predicted molar refractivity (Wildman–Crippen MR) is 114 cm³/mol. The van der Waals surface area contributed by atoms with Crippen LogP contribution in [-0.4, -0.2) is 25.3 Å². The van der Waals surface area contributed by atoms with E-state index in [0.29, 0.717) is 6.61 Å². The van der Waals surface area contributed by atoms with E-state index in [9.17, 15) is 0 Å². The highest BCUT2D eigenvalue weighted by Gasteiger charge is 2.26. The van der Waals surface area contributed by atoms with Gasteiger partial charge in [-0.25, -0.2) is 4.57 Å². The summed E-state index contributed by atoms with van der Waals surface area (Å²) < 4.78 is 10.5. The maximum atomic E-state index is 5.62. The summed E-state index contributed by atoms with van der Waals surface area (Å²) in [6.45, 7) is 3.80. The molecule has 0 saturated carbocycles. The van der Waals surface area contributed by atoms with Crippen LogP contribution < -0.4 is 14.2 Å². The van der Waals surface area contributed by atoms with Gasteiger partial charge in [0.1, 0.15) is 17.6 Å². The van der Waals surface area contributed by atoms with Crippen molar-refractivity contribution in [3.05, 3.63) is 60.6 Å². The van der Waals surface area contributed by atoms with Crippen molar-refractivity contribution in [2.24, 2.45) is 0 Å². The van der Waals surface area contributed by atoms with Gasteiger partial charge in [0, 0.05) is 31.8 Å². The average Bonchev–Trinajstić information content (AvgIpc) is 2.90. The van der Waals surface area contributed by atoms with Crippen LogP contribution in [0.2, 0.25) is 0 Å². The van der Waals surface area contributed by atoms with E-state index in [0.717, 1.165) is 18.7 Å². The van der Waals surface area contributed by atoms with Crippen molar-refractivity contribution in [2.75, 3.05) is 25.6 Å². The molecule has 4 nitrogen and oxygen atoms in total. The summed E-state index contributed by atoms with van der Waals surface area (Å²) in [5, 5.41) is 0. The van der Waals surface area contributed by atoms with E-state index in [1.54, 1.807) is 0 Å². The lowest BCUT2D eigenvalue weighted by Crippen LogP contribution is -2.38. The molecule has 0 atom stereocenters. The summed E-state index contributed by atoms with van der Waals surface area (Å²) in [5.41, 5.74) is 5.01. The van der Waals surface area contributed by atoms with Gasteiger partial charge in [-0.2, -0.15) is 4.57 Å². The zero-order valence-electron chi connectivity index (χ0n) is 17.2. The Morgan fingerprint density at radius 3 is 2.39 bits per heavy atom. The molecular weight excluding hydrogens is 346 g/mol. The van der Waals surface area contributed by atoms with Crippen LogP contribution in [-0.2, 0) is 13.0 Å². The molecule has 28 heavy (non-hydrogen) atoms. The standard InChI is InChI=1S/C24H30N3O/c1-4-28-22-15-13-21(14-16-22)27-18-23(26-17-7-5-6-8-24(26)27)19-9-11-20(12-10-19)25(2)3/h9-16,18H,4-8,17H2,1-3H3/q+1. The number of imidazole rings is 1. The smallest absolute Gasteiger partial charge is 0.262 e. The number of aromatic nitrogens is 2. The Labute approximate surface area is 168 Å². The highest BCUT2D eigenvalue weighted by molar-refractivity contribution is 5.61. The molecule has 3 aromatic rings. The number of hydrogen-bond donors (Lipinski definition) is 0. The molecule has 0 radical (unpaired) electrons. The summed E-state index contributed by atoms with van der Waals surface area (Å²) in [5.74, 6) is 2.32. The van der Waals surface area contributed by atoms with E-state index < -0.39 is 0 Å². The van der Waals surface area contributed by atoms with E-state index in [1.807, 2.05) is 6.92 Å². The molecule has 0 saturated heterocycles. The maximum absolute atomic E-state index is 5.62. The van der Waals surface area contributed by atoms with Gasteiger partial charge in [0.05, 0.1) is 13.2 Å². The normalized spacial score (nSPS) is 13.7. The second-order valence-corrected chi connectivity index (χ2v) is 7.63. The van der Waals surface area contributed by atoms with Gasteiger partial charge in [-0.05, 0) is 74.7 Å². The fourth-order valence-corrected chi connectivity index (χ4v) is 4.02. The third-order valence-electron chi connectivity index (χ3n) is 5.52. The van der Waals surface area contributed by atoms with Crippen LogP contribution in [0.5, 0.6) is 5.75 Å². The Kier molecular flexibility index (Phi) is 5.38. The van der Waals surface area contributed by atoms with E-state index in [2.05, 4.69) is 82.9 Å². The quantitative estimate of drug-likeness (QED) is 0.606. The van der Waals surface area contributed by atoms with Crippen LogP contribution >= 0.6 is 0 Å². The van der Waals surface area contributed by atoms with Gasteiger partial charge < -0.3 is 9.64 Å². The molecule has 4 rings (SSSR count). The number of nitrogens with zero attached hydrogens (tertiary/aromatic N) is 3. The van der Waals surface area contributed by atoms with Gasteiger partial charge in [-0.15, -0.1) is 0 Å². The van der Waals surface area contributed by atoms with Crippen LogP contribution in [0.15, 0.2) is 54.7 Å². The van der Waals surface area contributed by atoms with Crippen LogP contribution in [0.25, 0.3) is 16.9 Å². The number of ether oxygens (including phenoxy) is 1. The highest BCUT2D eigenvalue weighted by atomic mass is 16.5. The molecule has 0 spiro atoms. The third-order valence-corrected chi connectivity index (χ3v) is 5.52. The largest absolute Gasteiger partial charge is 0.494 e. The Bertz CT molecular complexity index is 924. The van der Waals surface area contributed by atoms with Crippen molar-refractivity contribution < 1.29 is 9.30 Å². The SMILES string of the molecule is CCOc1ccc(-n2cc(-c3ccc(N(C)C)cc3)[n+]3c2CCCCC3)cc1. The van der Waals surface area contributed by atoms with E-state index in [1.165, 1.54) is 47.7 Å². The summed E-state index contributed by atoms with van der Waals surface area (Å²) in [7, 11) is 4.16. The lowest BCUT2D eigenvalue weighted by Gasteiger charge is -2.12. The van der Waals surface area contributed by atoms with Crippen molar-refractivity contribution >= 4 is 5.69 Å². The first-order valence-corrected chi connectivity index (χ1v) is 10.3. The molecule has 0 bridgehead atoms. The van der Waals surface area contributed by atoms with Gasteiger partial charge in [-0.3, -0.25) is 0 Å². The van der Waals surface area contributed by atoms with Gasteiger partial charge in [-0.1, -0.05) is 0 Å². The first-order chi connectivity index (χ1) is 13.7.